The molecule has 2 aromatic rings. The minimum absolute atomic E-state index is 0.464. The zero-order chi connectivity index (χ0) is 13.0. The minimum atomic E-state index is -1.15. The molecule has 0 aliphatic heterocycles. The fraction of sp³-hybridized carbons (Fsp3) is 0. The number of anilines is 1. The highest BCUT2D eigenvalue weighted by Gasteiger charge is 2.02. The van der Waals surface area contributed by atoms with E-state index in [1.807, 2.05) is 36.4 Å². The van der Waals surface area contributed by atoms with Gasteiger partial charge in [0.2, 0.25) is 5.91 Å². The highest BCUT2D eigenvalue weighted by Crippen LogP contribution is 2.22. The zero-order valence-corrected chi connectivity index (χ0v) is 9.46. The van der Waals surface area contributed by atoms with Crippen molar-refractivity contribution >= 4 is 28.3 Å². The Morgan fingerprint density at radius 2 is 1.72 bits per heavy atom. The van der Waals surface area contributed by atoms with Gasteiger partial charge in [-0.15, -0.1) is 0 Å². The van der Waals surface area contributed by atoms with Crippen LogP contribution in [0, 0.1) is 0 Å². The normalized spacial score (nSPS) is 10.7. The maximum absolute atomic E-state index is 11.5. The number of rotatable bonds is 3. The molecule has 0 saturated heterocycles. The standard InChI is InChI=1S/C14H11NO3/c16-13(8-9-14(17)18)15-12-7-3-5-10-4-1-2-6-11(10)12/h1-9H,(H,15,16)(H,17,18). The zero-order valence-electron chi connectivity index (χ0n) is 9.46. The first-order valence-electron chi connectivity index (χ1n) is 5.36. The molecule has 2 N–H and O–H groups in total. The lowest BCUT2D eigenvalue weighted by molar-refractivity contribution is -0.131. The molecular weight excluding hydrogens is 230 g/mol. The highest BCUT2D eigenvalue weighted by atomic mass is 16.4. The molecule has 0 aliphatic carbocycles. The fourth-order valence-corrected chi connectivity index (χ4v) is 1.66. The van der Waals surface area contributed by atoms with Crippen LogP contribution in [0.5, 0.6) is 0 Å². The first kappa shape index (κ1) is 11.9. The van der Waals surface area contributed by atoms with Crippen molar-refractivity contribution in [1.29, 1.82) is 0 Å². The van der Waals surface area contributed by atoms with E-state index in [-0.39, 0.29) is 0 Å². The third-order valence-electron chi connectivity index (χ3n) is 2.42. The summed E-state index contributed by atoms with van der Waals surface area (Å²) >= 11 is 0. The van der Waals surface area contributed by atoms with Crippen molar-refractivity contribution in [3.05, 3.63) is 54.6 Å². The average Bonchev–Trinajstić information content (AvgIpc) is 2.37. The Kier molecular flexibility index (Phi) is 3.38. The van der Waals surface area contributed by atoms with Gasteiger partial charge in [-0.25, -0.2) is 4.79 Å². The molecule has 4 heteroatoms. The lowest BCUT2D eigenvalue weighted by Gasteiger charge is -2.06. The minimum Gasteiger partial charge on any atom is -0.478 e. The summed E-state index contributed by atoms with van der Waals surface area (Å²) in [5.41, 5.74) is 0.660. The molecule has 0 heterocycles. The molecule has 0 spiro atoms. The summed E-state index contributed by atoms with van der Waals surface area (Å²) in [5.74, 6) is -1.61. The van der Waals surface area contributed by atoms with E-state index in [4.69, 9.17) is 5.11 Å². The second-order valence-electron chi connectivity index (χ2n) is 3.69. The number of fused-ring (bicyclic) bond motifs is 1. The van der Waals surface area contributed by atoms with Crippen molar-refractivity contribution in [3.63, 3.8) is 0 Å². The molecule has 0 radical (unpaired) electrons. The first-order valence-corrected chi connectivity index (χ1v) is 5.36. The summed E-state index contributed by atoms with van der Waals surface area (Å²) < 4.78 is 0. The number of aliphatic carboxylic acids is 1. The fourth-order valence-electron chi connectivity index (χ4n) is 1.66. The van der Waals surface area contributed by atoms with Gasteiger partial charge in [0, 0.05) is 23.2 Å². The molecule has 0 fully saturated rings. The molecule has 2 aromatic carbocycles. The number of carboxylic acid groups (broad SMARTS) is 1. The van der Waals surface area contributed by atoms with Crippen molar-refractivity contribution < 1.29 is 14.7 Å². The van der Waals surface area contributed by atoms with Gasteiger partial charge in [0.1, 0.15) is 0 Å². The molecule has 0 saturated carbocycles. The Bertz CT molecular complexity index is 626. The molecule has 0 aromatic heterocycles. The maximum atomic E-state index is 11.5. The van der Waals surface area contributed by atoms with Gasteiger partial charge >= 0.3 is 5.97 Å². The molecular formula is C14H11NO3. The molecule has 1 amide bonds. The topological polar surface area (TPSA) is 66.4 Å². The van der Waals surface area contributed by atoms with Gasteiger partial charge in [0.25, 0.3) is 0 Å². The molecule has 0 bridgehead atoms. The Morgan fingerprint density at radius 3 is 2.50 bits per heavy atom. The van der Waals surface area contributed by atoms with Gasteiger partial charge in [-0.3, -0.25) is 4.79 Å². The van der Waals surface area contributed by atoms with Crippen LogP contribution in [0.1, 0.15) is 0 Å². The van der Waals surface area contributed by atoms with Crippen LogP contribution in [0.2, 0.25) is 0 Å². The Morgan fingerprint density at radius 1 is 1.00 bits per heavy atom. The number of hydrogen-bond donors (Lipinski definition) is 2. The highest BCUT2D eigenvalue weighted by molar-refractivity contribution is 6.07. The van der Waals surface area contributed by atoms with Gasteiger partial charge in [-0.1, -0.05) is 36.4 Å². The molecule has 0 unspecified atom stereocenters. The SMILES string of the molecule is O=C(O)C=CC(=O)Nc1cccc2ccccc12. The lowest BCUT2D eigenvalue weighted by Crippen LogP contribution is -2.08. The van der Waals surface area contributed by atoms with Crippen molar-refractivity contribution in [2.45, 2.75) is 0 Å². The molecule has 90 valence electrons. The van der Waals surface area contributed by atoms with E-state index in [0.717, 1.165) is 22.9 Å². The predicted octanol–water partition coefficient (Wildman–Crippen LogP) is 2.42. The van der Waals surface area contributed by atoms with E-state index >= 15 is 0 Å². The molecule has 2 rings (SSSR count). The second kappa shape index (κ2) is 5.14. The average molecular weight is 241 g/mol. The van der Waals surface area contributed by atoms with Crippen LogP contribution in [0.25, 0.3) is 10.8 Å². The predicted molar refractivity (Wildman–Crippen MR) is 69.4 cm³/mol. The third-order valence-corrected chi connectivity index (χ3v) is 2.42. The van der Waals surface area contributed by atoms with Crippen LogP contribution in [0.3, 0.4) is 0 Å². The summed E-state index contributed by atoms with van der Waals surface area (Å²) in [5, 5.41) is 13.0. The Labute approximate surface area is 104 Å². The summed E-state index contributed by atoms with van der Waals surface area (Å²) in [6, 6.07) is 13.2. The van der Waals surface area contributed by atoms with E-state index in [2.05, 4.69) is 5.32 Å². The van der Waals surface area contributed by atoms with Crippen molar-refractivity contribution in [2.24, 2.45) is 0 Å². The van der Waals surface area contributed by atoms with Crippen LogP contribution in [0.15, 0.2) is 54.6 Å². The van der Waals surface area contributed by atoms with E-state index in [0.29, 0.717) is 5.69 Å². The van der Waals surface area contributed by atoms with Gasteiger partial charge in [-0.05, 0) is 11.5 Å². The number of nitrogens with one attached hydrogen (secondary N) is 1. The monoisotopic (exact) mass is 241 g/mol. The largest absolute Gasteiger partial charge is 0.478 e. The van der Waals surface area contributed by atoms with E-state index in [1.165, 1.54) is 0 Å². The van der Waals surface area contributed by atoms with Gasteiger partial charge in [0.05, 0.1) is 0 Å². The van der Waals surface area contributed by atoms with Crippen molar-refractivity contribution in [1.82, 2.24) is 0 Å². The van der Waals surface area contributed by atoms with Gasteiger partial charge in [0.15, 0.2) is 0 Å². The summed E-state index contributed by atoms with van der Waals surface area (Å²) in [7, 11) is 0. The van der Waals surface area contributed by atoms with Crippen molar-refractivity contribution in [3.8, 4) is 0 Å². The smallest absolute Gasteiger partial charge is 0.328 e. The van der Waals surface area contributed by atoms with Crippen LogP contribution in [-0.4, -0.2) is 17.0 Å². The number of carbonyl (C=O) groups excluding carboxylic acids is 1. The number of carboxylic acids is 1. The van der Waals surface area contributed by atoms with E-state index < -0.39 is 11.9 Å². The summed E-state index contributed by atoms with van der Waals surface area (Å²) in [4.78, 5) is 21.8. The summed E-state index contributed by atoms with van der Waals surface area (Å²) in [6.07, 6.45) is 1.80. The van der Waals surface area contributed by atoms with Crippen molar-refractivity contribution in [2.75, 3.05) is 5.32 Å². The van der Waals surface area contributed by atoms with Crippen LogP contribution in [-0.2, 0) is 9.59 Å². The van der Waals surface area contributed by atoms with Gasteiger partial charge < -0.3 is 10.4 Å². The molecule has 18 heavy (non-hydrogen) atoms. The second-order valence-corrected chi connectivity index (χ2v) is 3.69. The lowest BCUT2D eigenvalue weighted by atomic mass is 10.1. The number of hydrogen-bond acceptors (Lipinski definition) is 2. The molecule has 0 atom stereocenters. The van der Waals surface area contributed by atoms with Crippen LogP contribution >= 0.6 is 0 Å². The summed E-state index contributed by atoms with van der Waals surface area (Å²) in [6.45, 7) is 0. The number of benzene rings is 2. The van der Waals surface area contributed by atoms with Crippen LogP contribution < -0.4 is 5.32 Å². The Hall–Kier alpha value is -2.62. The maximum Gasteiger partial charge on any atom is 0.328 e. The molecule has 4 nitrogen and oxygen atoms in total. The van der Waals surface area contributed by atoms with Crippen LogP contribution in [0.4, 0.5) is 5.69 Å². The van der Waals surface area contributed by atoms with E-state index in [1.54, 1.807) is 6.07 Å². The Balaban J connectivity index is 2.27. The number of amides is 1. The first-order chi connectivity index (χ1) is 8.66. The van der Waals surface area contributed by atoms with E-state index in [9.17, 15) is 9.59 Å². The third kappa shape index (κ3) is 2.74. The quantitative estimate of drug-likeness (QED) is 0.811. The molecule has 0 aliphatic rings. The number of carbonyl (C=O) groups is 2. The van der Waals surface area contributed by atoms with Gasteiger partial charge in [-0.2, -0.15) is 0 Å².